The topological polar surface area (TPSA) is 47.0 Å². The van der Waals surface area contributed by atoms with Crippen LogP contribution in [0.1, 0.15) is 12.8 Å². The van der Waals surface area contributed by atoms with Crippen molar-refractivity contribution in [3.63, 3.8) is 0 Å². The van der Waals surface area contributed by atoms with Crippen LogP contribution in [0.3, 0.4) is 0 Å². The van der Waals surface area contributed by atoms with Crippen LogP contribution in [0.5, 0.6) is 5.88 Å². The molecule has 1 saturated heterocycles. The van der Waals surface area contributed by atoms with E-state index in [2.05, 4.69) is 15.3 Å². The molecule has 4 heteroatoms. The molecule has 4 nitrogen and oxygen atoms in total. The lowest BCUT2D eigenvalue weighted by Gasteiger charge is -2.11. The van der Waals surface area contributed by atoms with Crippen molar-refractivity contribution in [3.05, 3.63) is 30.5 Å². The van der Waals surface area contributed by atoms with E-state index in [9.17, 15) is 0 Å². The molecule has 0 aliphatic carbocycles. The van der Waals surface area contributed by atoms with Crippen LogP contribution in [0.25, 0.3) is 11.0 Å². The maximum atomic E-state index is 5.66. The second-order valence-corrected chi connectivity index (χ2v) is 4.30. The van der Waals surface area contributed by atoms with Crippen molar-refractivity contribution in [2.24, 2.45) is 0 Å². The number of aromatic nitrogens is 2. The first-order chi connectivity index (χ1) is 8.42. The fourth-order valence-electron chi connectivity index (χ4n) is 2.09. The molecule has 88 valence electrons. The number of hydrogen-bond acceptors (Lipinski definition) is 4. The van der Waals surface area contributed by atoms with Gasteiger partial charge >= 0.3 is 0 Å². The van der Waals surface area contributed by atoms with E-state index in [1.807, 2.05) is 24.3 Å². The van der Waals surface area contributed by atoms with Crippen LogP contribution in [0.4, 0.5) is 0 Å². The highest BCUT2D eigenvalue weighted by atomic mass is 16.5. The molecule has 2 aromatic rings. The molecular weight excluding hydrogens is 214 g/mol. The van der Waals surface area contributed by atoms with Gasteiger partial charge < -0.3 is 10.1 Å². The van der Waals surface area contributed by atoms with Gasteiger partial charge in [0.05, 0.1) is 17.2 Å². The van der Waals surface area contributed by atoms with Gasteiger partial charge in [0.1, 0.15) is 6.61 Å². The van der Waals surface area contributed by atoms with Crippen LogP contribution in [-0.2, 0) is 0 Å². The lowest BCUT2D eigenvalue weighted by Crippen LogP contribution is -2.28. The molecule has 0 spiro atoms. The molecule has 0 amide bonds. The molecule has 1 unspecified atom stereocenters. The Labute approximate surface area is 100 Å². The molecule has 1 aliphatic rings. The number of benzene rings is 1. The van der Waals surface area contributed by atoms with Crippen molar-refractivity contribution in [2.45, 2.75) is 18.9 Å². The van der Waals surface area contributed by atoms with Gasteiger partial charge in [-0.2, -0.15) is 0 Å². The first-order valence-electron chi connectivity index (χ1n) is 6.00. The monoisotopic (exact) mass is 229 g/mol. The standard InChI is InChI=1S/C13H15N3O/c1-2-6-12-11(5-1)15-8-13(16-12)17-9-10-4-3-7-14-10/h1-2,5-6,8,10,14H,3-4,7,9H2. The number of nitrogens with one attached hydrogen (secondary N) is 1. The Morgan fingerprint density at radius 1 is 1.29 bits per heavy atom. The largest absolute Gasteiger partial charge is 0.475 e. The molecule has 0 bridgehead atoms. The van der Waals surface area contributed by atoms with Gasteiger partial charge in [0.15, 0.2) is 0 Å². The van der Waals surface area contributed by atoms with E-state index in [0.29, 0.717) is 18.5 Å². The van der Waals surface area contributed by atoms with Crippen LogP contribution in [0.15, 0.2) is 30.5 Å². The zero-order valence-corrected chi connectivity index (χ0v) is 9.60. The Balaban J connectivity index is 1.72. The van der Waals surface area contributed by atoms with E-state index in [1.54, 1.807) is 6.20 Å². The van der Waals surface area contributed by atoms with Crippen molar-refractivity contribution in [1.82, 2.24) is 15.3 Å². The molecule has 0 radical (unpaired) electrons. The summed E-state index contributed by atoms with van der Waals surface area (Å²) in [6.45, 7) is 1.77. The Kier molecular flexibility index (Phi) is 2.88. The number of hydrogen-bond donors (Lipinski definition) is 1. The van der Waals surface area contributed by atoms with E-state index in [1.165, 1.54) is 12.8 Å². The third-order valence-electron chi connectivity index (χ3n) is 3.02. The average Bonchev–Trinajstić information content (AvgIpc) is 2.89. The number of fused-ring (bicyclic) bond motifs is 1. The second-order valence-electron chi connectivity index (χ2n) is 4.30. The lowest BCUT2D eigenvalue weighted by molar-refractivity contribution is 0.267. The van der Waals surface area contributed by atoms with Crippen molar-refractivity contribution in [3.8, 4) is 5.88 Å². The number of rotatable bonds is 3. The summed E-state index contributed by atoms with van der Waals surface area (Å²) in [5.41, 5.74) is 1.78. The quantitative estimate of drug-likeness (QED) is 0.871. The van der Waals surface area contributed by atoms with Crippen LogP contribution in [-0.4, -0.2) is 29.2 Å². The Morgan fingerprint density at radius 2 is 2.18 bits per heavy atom. The fraction of sp³-hybridized carbons (Fsp3) is 0.385. The molecule has 1 N–H and O–H groups in total. The minimum Gasteiger partial charge on any atom is -0.475 e. The highest BCUT2D eigenvalue weighted by Crippen LogP contribution is 2.14. The van der Waals surface area contributed by atoms with E-state index in [0.717, 1.165) is 17.6 Å². The fourth-order valence-corrected chi connectivity index (χ4v) is 2.09. The zero-order valence-electron chi connectivity index (χ0n) is 9.60. The van der Waals surface area contributed by atoms with Crippen LogP contribution >= 0.6 is 0 Å². The highest BCUT2D eigenvalue weighted by molar-refractivity contribution is 5.73. The first-order valence-corrected chi connectivity index (χ1v) is 6.00. The summed E-state index contributed by atoms with van der Waals surface area (Å²) in [7, 11) is 0. The first kappa shape index (κ1) is 10.5. The minimum absolute atomic E-state index is 0.461. The van der Waals surface area contributed by atoms with Gasteiger partial charge in [0.2, 0.25) is 5.88 Å². The van der Waals surface area contributed by atoms with Gasteiger partial charge in [0.25, 0.3) is 0 Å². The number of para-hydroxylation sites is 2. The summed E-state index contributed by atoms with van der Waals surface area (Å²) in [5.74, 6) is 0.609. The van der Waals surface area contributed by atoms with Crippen molar-refractivity contribution in [1.29, 1.82) is 0 Å². The molecule has 17 heavy (non-hydrogen) atoms. The summed E-state index contributed by atoms with van der Waals surface area (Å²) in [4.78, 5) is 8.74. The van der Waals surface area contributed by atoms with Crippen LogP contribution in [0, 0.1) is 0 Å². The third kappa shape index (κ3) is 2.36. The molecule has 2 heterocycles. The normalized spacial score (nSPS) is 19.6. The molecule has 1 aromatic carbocycles. The summed E-state index contributed by atoms with van der Waals surface area (Å²) in [6.07, 6.45) is 4.11. The minimum atomic E-state index is 0.461. The average molecular weight is 229 g/mol. The zero-order chi connectivity index (χ0) is 11.5. The lowest BCUT2D eigenvalue weighted by atomic mass is 10.2. The SMILES string of the molecule is c1ccc2nc(OCC3CCCN3)cnc2c1. The van der Waals surface area contributed by atoms with E-state index >= 15 is 0 Å². The van der Waals surface area contributed by atoms with Crippen molar-refractivity contribution >= 4 is 11.0 Å². The molecule has 1 fully saturated rings. The van der Waals surface area contributed by atoms with Gasteiger partial charge in [-0.15, -0.1) is 0 Å². The molecule has 1 aliphatic heterocycles. The van der Waals surface area contributed by atoms with Crippen LogP contribution in [0.2, 0.25) is 0 Å². The van der Waals surface area contributed by atoms with Gasteiger partial charge in [-0.25, -0.2) is 9.97 Å². The Hall–Kier alpha value is -1.68. The third-order valence-corrected chi connectivity index (χ3v) is 3.02. The summed E-state index contributed by atoms with van der Waals surface area (Å²) in [5, 5.41) is 3.39. The van der Waals surface area contributed by atoms with E-state index < -0.39 is 0 Å². The summed E-state index contributed by atoms with van der Waals surface area (Å²) in [6, 6.07) is 8.27. The molecule has 3 rings (SSSR count). The number of ether oxygens (including phenoxy) is 1. The smallest absolute Gasteiger partial charge is 0.232 e. The predicted octanol–water partition coefficient (Wildman–Crippen LogP) is 1.76. The van der Waals surface area contributed by atoms with Gasteiger partial charge in [-0.1, -0.05) is 12.1 Å². The molecule has 1 atom stereocenters. The van der Waals surface area contributed by atoms with Gasteiger partial charge in [-0.05, 0) is 31.5 Å². The van der Waals surface area contributed by atoms with Crippen molar-refractivity contribution < 1.29 is 4.74 Å². The number of nitrogens with zero attached hydrogens (tertiary/aromatic N) is 2. The van der Waals surface area contributed by atoms with Gasteiger partial charge in [0, 0.05) is 6.04 Å². The maximum Gasteiger partial charge on any atom is 0.232 e. The summed E-state index contributed by atoms with van der Waals surface area (Å²) >= 11 is 0. The molecular formula is C13H15N3O. The van der Waals surface area contributed by atoms with Gasteiger partial charge in [-0.3, -0.25) is 0 Å². The van der Waals surface area contributed by atoms with Crippen LogP contribution < -0.4 is 10.1 Å². The second kappa shape index (κ2) is 4.67. The van der Waals surface area contributed by atoms with Crippen molar-refractivity contribution in [2.75, 3.05) is 13.2 Å². The Morgan fingerprint density at radius 3 is 3.00 bits per heavy atom. The predicted molar refractivity (Wildman–Crippen MR) is 66.1 cm³/mol. The summed E-state index contributed by atoms with van der Waals surface area (Å²) < 4.78 is 5.66. The van der Waals surface area contributed by atoms with E-state index in [4.69, 9.17) is 4.74 Å². The Bertz CT molecular complexity index is 509. The highest BCUT2D eigenvalue weighted by Gasteiger charge is 2.14. The molecule has 0 saturated carbocycles. The maximum absolute atomic E-state index is 5.66. The molecule has 1 aromatic heterocycles. The van der Waals surface area contributed by atoms with E-state index in [-0.39, 0.29) is 0 Å².